The fraction of sp³-hybridized carbons (Fsp3) is 0.529. The molecule has 21 heavy (non-hydrogen) atoms. The SMILES string of the molecule is C=C(C)C=COCCC1CO1.C=CC=COCCC1CO1. The van der Waals surface area contributed by atoms with Crippen LogP contribution < -0.4 is 0 Å². The van der Waals surface area contributed by atoms with Crippen LogP contribution in [0.1, 0.15) is 19.8 Å². The molecule has 118 valence electrons. The minimum absolute atomic E-state index is 0.466. The second kappa shape index (κ2) is 11.2. The van der Waals surface area contributed by atoms with Gasteiger partial charge in [-0.2, -0.15) is 0 Å². The minimum atomic E-state index is 0.466. The zero-order chi connectivity index (χ0) is 15.3. The smallest absolute Gasteiger partial charge is 0.0898 e. The van der Waals surface area contributed by atoms with Gasteiger partial charge in [-0.1, -0.05) is 24.8 Å². The maximum Gasteiger partial charge on any atom is 0.0898 e. The van der Waals surface area contributed by atoms with E-state index in [2.05, 4.69) is 13.2 Å². The first-order valence-corrected chi connectivity index (χ1v) is 7.28. The molecule has 0 aromatic rings. The Morgan fingerprint density at radius 2 is 1.62 bits per heavy atom. The molecular weight excluding hydrogens is 268 g/mol. The second-order valence-corrected chi connectivity index (χ2v) is 4.94. The van der Waals surface area contributed by atoms with Gasteiger partial charge in [0.05, 0.1) is 51.2 Å². The third kappa shape index (κ3) is 13.2. The Morgan fingerprint density at radius 1 is 1.10 bits per heavy atom. The van der Waals surface area contributed by atoms with Gasteiger partial charge in [0.25, 0.3) is 0 Å². The highest BCUT2D eigenvalue weighted by atomic mass is 16.6. The third-order valence-electron chi connectivity index (χ3n) is 2.68. The molecule has 2 rings (SSSR count). The van der Waals surface area contributed by atoms with Crippen molar-refractivity contribution < 1.29 is 18.9 Å². The van der Waals surface area contributed by atoms with Crippen molar-refractivity contribution in [2.45, 2.75) is 32.0 Å². The van der Waals surface area contributed by atoms with Crippen LogP contribution in [-0.2, 0) is 18.9 Å². The van der Waals surface area contributed by atoms with Crippen LogP contribution in [0.3, 0.4) is 0 Å². The summed E-state index contributed by atoms with van der Waals surface area (Å²) in [6, 6.07) is 0. The van der Waals surface area contributed by atoms with Crippen LogP contribution in [0, 0.1) is 0 Å². The number of epoxide rings is 2. The molecule has 0 aromatic carbocycles. The van der Waals surface area contributed by atoms with Gasteiger partial charge in [-0.3, -0.25) is 0 Å². The first-order valence-electron chi connectivity index (χ1n) is 7.28. The summed E-state index contributed by atoms with van der Waals surface area (Å²) in [5.41, 5.74) is 1.01. The fourth-order valence-corrected chi connectivity index (χ4v) is 1.28. The average molecular weight is 294 g/mol. The first kappa shape index (κ1) is 17.5. The first-order chi connectivity index (χ1) is 10.2. The van der Waals surface area contributed by atoms with E-state index in [1.807, 2.05) is 13.0 Å². The lowest BCUT2D eigenvalue weighted by Gasteiger charge is -1.96. The third-order valence-corrected chi connectivity index (χ3v) is 2.68. The van der Waals surface area contributed by atoms with Crippen molar-refractivity contribution in [3.05, 3.63) is 49.5 Å². The van der Waals surface area contributed by atoms with Gasteiger partial charge >= 0.3 is 0 Å². The van der Waals surface area contributed by atoms with Crippen LogP contribution in [0.5, 0.6) is 0 Å². The van der Waals surface area contributed by atoms with Gasteiger partial charge in [0.1, 0.15) is 0 Å². The normalized spacial score (nSPS) is 22.5. The lowest BCUT2D eigenvalue weighted by atomic mass is 10.3. The van der Waals surface area contributed by atoms with E-state index in [9.17, 15) is 0 Å². The Labute approximate surface area is 127 Å². The Balaban J connectivity index is 0.000000211. The maximum atomic E-state index is 5.17. The van der Waals surface area contributed by atoms with Crippen molar-refractivity contribution >= 4 is 0 Å². The van der Waals surface area contributed by atoms with E-state index in [1.54, 1.807) is 24.7 Å². The number of rotatable bonds is 10. The number of ether oxygens (including phenoxy) is 4. The van der Waals surface area contributed by atoms with Gasteiger partial charge in [0.15, 0.2) is 0 Å². The van der Waals surface area contributed by atoms with E-state index in [0.717, 1.165) is 44.8 Å². The predicted molar refractivity (Wildman–Crippen MR) is 83.9 cm³/mol. The molecule has 0 saturated carbocycles. The molecule has 2 aliphatic heterocycles. The molecule has 4 heteroatoms. The molecule has 2 unspecified atom stereocenters. The molecule has 2 aliphatic rings. The Morgan fingerprint density at radius 3 is 2.05 bits per heavy atom. The monoisotopic (exact) mass is 294 g/mol. The Kier molecular flexibility index (Phi) is 9.33. The fourth-order valence-electron chi connectivity index (χ4n) is 1.28. The van der Waals surface area contributed by atoms with E-state index < -0.39 is 0 Å². The zero-order valence-corrected chi connectivity index (χ0v) is 12.8. The van der Waals surface area contributed by atoms with Crippen molar-refractivity contribution in [1.29, 1.82) is 0 Å². The largest absolute Gasteiger partial charge is 0.501 e. The highest BCUT2D eigenvalue weighted by molar-refractivity contribution is 5.08. The zero-order valence-electron chi connectivity index (χ0n) is 12.8. The molecule has 0 aliphatic carbocycles. The van der Waals surface area contributed by atoms with Crippen molar-refractivity contribution in [3.8, 4) is 0 Å². The van der Waals surface area contributed by atoms with Crippen molar-refractivity contribution in [3.63, 3.8) is 0 Å². The number of hydrogen-bond donors (Lipinski definition) is 0. The van der Waals surface area contributed by atoms with Crippen molar-refractivity contribution in [2.24, 2.45) is 0 Å². The van der Waals surface area contributed by atoms with Gasteiger partial charge < -0.3 is 18.9 Å². The predicted octanol–water partition coefficient (Wildman–Crippen LogP) is 3.37. The van der Waals surface area contributed by atoms with Crippen molar-refractivity contribution in [2.75, 3.05) is 26.4 Å². The van der Waals surface area contributed by atoms with E-state index >= 15 is 0 Å². The molecule has 0 amide bonds. The molecule has 2 fully saturated rings. The topological polar surface area (TPSA) is 43.5 Å². The van der Waals surface area contributed by atoms with Gasteiger partial charge in [-0.25, -0.2) is 0 Å². The highest BCUT2D eigenvalue weighted by Crippen LogP contribution is 2.13. The molecule has 0 bridgehead atoms. The number of hydrogen-bond acceptors (Lipinski definition) is 4. The van der Waals surface area contributed by atoms with E-state index in [4.69, 9.17) is 18.9 Å². The molecule has 4 nitrogen and oxygen atoms in total. The molecule has 2 atom stereocenters. The quantitative estimate of drug-likeness (QED) is 0.268. The van der Waals surface area contributed by atoms with Crippen LogP contribution in [0.15, 0.2) is 49.5 Å². The lowest BCUT2D eigenvalue weighted by Crippen LogP contribution is -1.92. The molecular formula is C17H26O4. The minimum Gasteiger partial charge on any atom is -0.501 e. The van der Waals surface area contributed by atoms with Crippen LogP contribution in [0.25, 0.3) is 0 Å². The summed E-state index contributed by atoms with van der Waals surface area (Å²) < 4.78 is 20.3. The lowest BCUT2D eigenvalue weighted by molar-refractivity contribution is 0.228. The van der Waals surface area contributed by atoms with E-state index in [-0.39, 0.29) is 0 Å². The molecule has 2 heterocycles. The second-order valence-electron chi connectivity index (χ2n) is 4.94. The summed E-state index contributed by atoms with van der Waals surface area (Å²) in [6.07, 6.45) is 11.6. The van der Waals surface area contributed by atoms with Gasteiger partial charge in [0, 0.05) is 12.8 Å². The summed E-state index contributed by atoms with van der Waals surface area (Å²) in [7, 11) is 0. The van der Waals surface area contributed by atoms with Crippen LogP contribution in [0.4, 0.5) is 0 Å². The van der Waals surface area contributed by atoms with Crippen LogP contribution in [0.2, 0.25) is 0 Å². The molecule has 0 aromatic heterocycles. The molecule has 0 N–H and O–H groups in total. The highest BCUT2D eigenvalue weighted by Gasteiger charge is 2.21. The summed E-state index contributed by atoms with van der Waals surface area (Å²) in [6.45, 7) is 12.5. The molecule has 0 radical (unpaired) electrons. The van der Waals surface area contributed by atoms with Gasteiger partial charge in [-0.05, 0) is 19.1 Å². The summed E-state index contributed by atoms with van der Waals surface area (Å²) in [5, 5.41) is 0. The molecule has 0 spiro atoms. The average Bonchev–Trinajstić information content (AvgIpc) is 3.33. The standard InChI is InChI=1S/C9H14O2.C8H12O2/c1-8(2)3-5-10-6-4-9-7-11-9;1-2-3-5-9-6-4-8-7-10-8/h3,5,9H,1,4,6-7H2,2H3;2-3,5,8H,1,4,6-7H2. The summed E-state index contributed by atoms with van der Waals surface area (Å²) in [5.74, 6) is 0. The molecule has 2 saturated heterocycles. The maximum absolute atomic E-state index is 5.17. The van der Waals surface area contributed by atoms with Gasteiger partial charge in [0.2, 0.25) is 0 Å². The van der Waals surface area contributed by atoms with E-state index in [1.165, 1.54) is 0 Å². The summed E-state index contributed by atoms with van der Waals surface area (Å²) in [4.78, 5) is 0. The van der Waals surface area contributed by atoms with Crippen LogP contribution in [-0.4, -0.2) is 38.6 Å². The van der Waals surface area contributed by atoms with Crippen LogP contribution >= 0.6 is 0 Å². The van der Waals surface area contributed by atoms with Gasteiger partial charge in [-0.15, -0.1) is 0 Å². The number of allylic oxidation sites excluding steroid dienone is 4. The summed E-state index contributed by atoms with van der Waals surface area (Å²) >= 11 is 0. The Bertz CT molecular complexity index is 352. The van der Waals surface area contributed by atoms with Crippen molar-refractivity contribution in [1.82, 2.24) is 0 Å². The van der Waals surface area contributed by atoms with E-state index in [0.29, 0.717) is 12.2 Å². The Hall–Kier alpha value is -1.52.